The van der Waals surface area contributed by atoms with Gasteiger partial charge in [0.25, 0.3) is 0 Å². The van der Waals surface area contributed by atoms with Crippen LogP contribution in [0, 0.1) is 5.92 Å². The Bertz CT molecular complexity index is 1430. The highest BCUT2D eigenvalue weighted by molar-refractivity contribution is 5.64. The molecule has 1 saturated carbocycles. The first-order chi connectivity index (χ1) is 20.0. The lowest BCUT2D eigenvalue weighted by Gasteiger charge is -2.30. The molecule has 0 atom stereocenters. The summed E-state index contributed by atoms with van der Waals surface area (Å²) in [5.41, 5.74) is 2.05. The van der Waals surface area contributed by atoms with Crippen LogP contribution in [0.15, 0.2) is 66.8 Å². The van der Waals surface area contributed by atoms with Crippen molar-refractivity contribution in [1.82, 2.24) is 20.3 Å². The Morgan fingerprint density at radius 2 is 1.86 bits per heavy atom. The summed E-state index contributed by atoms with van der Waals surface area (Å²) in [4.78, 5) is 14.3. The van der Waals surface area contributed by atoms with E-state index < -0.39 is 17.5 Å². The van der Waals surface area contributed by atoms with E-state index >= 15 is 0 Å². The predicted octanol–water partition coefficient (Wildman–Crippen LogP) is 7.73. The van der Waals surface area contributed by atoms with Gasteiger partial charge in [-0.3, -0.25) is 0 Å². The Morgan fingerprint density at radius 1 is 1.17 bits per heavy atom. The molecular formula is C34H46F3N5. The van der Waals surface area contributed by atoms with Crippen molar-refractivity contribution in [3.05, 3.63) is 83.1 Å². The van der Waals surface area contributed by atoms with E-state index in [1.54, 1.807) is 12.1 Å². The van der Waals surface area contributed by atoms with Crippen molar-refractivity contribution in [1.29, 1.82) is 0 Å². The molecule has 2 aromatic heterocycles. The van der Waals surface area contributed by atoms with Gasteiger partial charge in [-0.15, -0.1) is 0 Å². The number of aromatic nitrogens is 3. The molecule has 1 fully saturated rings. The van der Waals surface area contributed by atoms with Gasteiger partial charge in [0.2, 0.25) is 0 Å². The number of hydrogen-bond acceptors (Lipinski definition) is 5. The summed E-state index contributed by atoms with van der Waals surface area (Å²) in [5.74, 6) is -2.38. The van der Waals surface area contributed by atoms with Gasteiger partial charge in [0.15, 0.2) is 17.5 Å². The summed E-state index contributed by atoms with van der Waals surface area (Å²) in [6.07, 6.45) is 10.4. The number of halogens is 3. The molecule has 0 spiro atoms. The van der Waals surface area contributed by atoms with Gasteiger partial charge in [0, 0.05) is 35.0 Å². The van der Waals surface area contributed by atoms with Crippen molar-refractivity contribution in [2.45, 2.75) is 79.6 Å². The van der Waals surface area contributed by atoms with Crippen LogP contribution >= 0.6 is 0 Å². The molecule has 1 aliphatic rings. The summed E-state index contributed by atoms with van der Waals surface area (Å²) < 4.78 is 41.3. The van der Waals surface area contributed by atoms with E-state index in [-0.39, 0.29) is 16.9 Å². The maximum absolute atomic E-state index is 14.4. The van der Waals surface area contributed by atoms with E-state index in [1.165, 1.54) is 18.2 Å². The van der Waals surface area contributed by atoms with Crippen molar-refractivity contribution in [2.75, 3.05) is 18.4 Å². The molecule has 228 valence electrons. The Morgan fingerprint density at radius 3 is 2.40 bits per heavy atom. The Labute approximate surface area is 249 Å². The molecule has 2 heterocycles. The SMILES string of the molecule is C=C/C(=c1/c(C(C)(C)CNCCC)nc(-c2ccnc(NC(=C)/C(F)=C(F)\C=C(/C)F)c2)n/c1=C/C)C1CCC1.CC. The van der Waals surface area contributed by atoms with Crippen LogP contribution in [0.2, 0.25) is 0 Å². The van der Waals surface area contributed by atoms with Crippen molar-refractivity contribution in [3.8, 4) is 11.4 Å². The van der Waals surface area contributed by atoms with Crippen LogP contribution in [-0.2, 0) is 5.41 Å². The van der Waals surface area contributed by atoms with Crippen LogP contribution in [-0.4, -0.2) is 28.0 Å². The minimum atomic E-state index is -1.36. The lowest BCUT2D eigenvalue weighted by molar-refractivity contribution is 0.398. The number of allylic oxidation sites excluding steroid dienone is 5. The van der Waals surface area contributed by atoms with Gasteiger partial charge in [-0.2, -0.15) is 0 Å². The van der Waals surface area contributed by atoms with Crippen molar-refractivity contribution >= 4 is 17.5 Å². The highest BCUT2D eigenvalue weighted by atomic mass is 19.2. The van der Waals surface area contributed by atoms with Gasteiger partial charge >= 0.3 is 0 Å². The standard InChI is InChI=1S/C32H40F3N5.C2H6/c1-8-15-36-19-32(6,7)30-28(24(9-2)22-12-11-13-22)26(10-3)39-31(40-30)23-14-16-37-27(18-23)38-21(5)29(35)25(34)17-20(4)33;1-2/h9-10,14,16-18,22,36H,2,5,8,11-13,15,19H2,1,3-4,6-7H3,(H,37,38);1-2H3/b20-17+,26-10+,28-24-,29-25-;. The second kappa shape index (κ2) is 16.2. The molecule has 0 saturated heterocycles. The van der Waals surface area contributed by atoms with E-state index in [0.29, 0.717) is 23.4 Å². The first kappa shape index (κ1) is 34.7. The highest BCUT2D eigenvalue weighted by Gasteiger charge is 2.29. The van der Waals surface area contributed by atoms with E-state index in [4.69, 9.17) is 9.97 Å². The van der Waals surface area contributed by atoms with Crippen LogP contribution in [0.1, 0.15) is 79.8 Å². The minimum Gasteiger partial charge on any atom is -0.338 e. The molecule has 8 heteroatoms. The number of anilines is 1. The zero-order chi connectivity index (χ0) is 31.4. The number of nitrogens with one attached hydrogen (secondary N) is 2. The molecule has 0 bridgehead atoms. The summed E-state index contributed by atoms with van der Waals surface area (Å²) >= 11 is 0. The lowest BCUT2D eigenvalue weighted by Crippen LogP contribution is -2.46. The first-order valence-corrected chi connectivity index (χ1v) is 14.8. The van der Waals surface area contributed by atoms with Gasteiger partial charge in [0.1, 0.15) is 5.82 Å². The van der Waals surface area contributed by atoms with Crippen molar-refractivity contribution < 1.29 is 13.2 Å². The van der Waals surface area contributed by atoms with Crippen molar-refractivity contribution in [2.24, 2.45) is 5.92 Å². The summed E-state index contributed by atoms with van der Waals surface area (Å²) in [7, 11) is 0. The molecule has 0 aliphatic heterocycles. The normalized spacial score (nSPS) is 15.7. The molecular weight excluding hydrogens is 535 g/mol. The topological polar surface area (TPSA) is 62.7 Å². The number of rotatable bonds is 12. The maximum Gasteiger partial charge on any atom is 0.181 e. The fourth-order valence-electron chi connectivity index (χ4n) is 4.67. The second-order valence-electron chi connectivity index (χ2n) is 10.7. The molecule has 0 radical (unpaired) electrons. The lowest BCUT2D eigenvalue weighted by atomic mass is 9.77. The van der Waals surface area contributed by atoms with Crippen LogP contribution in [0.3, 0.4) is 0 Å². The van der Waals surface area contributed by atoms with E-state index in [0.717, 1.165) is 55.5 Å². The number of nitrogens with zero attached hydrogens (tertiary/aromatic N) is 3. The van der Waals surface area contributed by atoms with Crippen LogP contribution < -0.4 is 21.2 Å². The Kier molecular flexibility index (Phi) is 13.4. The molecule has 42 heavy (non-hydrogen) atoms. The predicted molar refractivity (Wildman–Crippen MR) is 170 cm³/mol. The molecule has 1 aliphatic carbocycles. The van der Waals surface area contributed by atoms with Gasteiger partial charge in [-0.25, -0.2) is 28.1 Å². The number of pyridine rings is 1. The summed E-state index contributed by atoms with van der Waals surface area (Å²) in [6.45, 7) is 22.8. The molecule has 5 nitrogen and oxygen atoms in total. The van der Waals surface area contributed by atoms with E-state index in [9.17, 15) is 13.2 Å². The van der Waals surface area contributed by atoms with E-state index in [2.05, 4.69) is 49.5 Å². The third kappa shape index (κ3) is 8.74. The van der Waals surface area contributed by atoms with E-state index in [1.807, 2.05) is 32.9 Å². The monoisotopic (exact) mass is 581 g/mol. The molecule has 3 rings (SSSR count). The number of hydrogen-bond donors (Lipinski definition) is 2. The van der Waals surface area contributed by atoms with Gasteiger partial charge in [-0.05, 0) is 63.3 Å². The molecule has 0 amide bonds. The fourth-order valence-corrected chi connectivity index (χ4v) is 4.67. The summed E-state index contributed by atoms with van der Waals surface area (Å²) in [6, 6.07) is 3.41. The van der Waals surface area contributed by atoms with Crippen LogP contribution in [0.5, 0.6) is 0 Å². The largest absolute Gasteiger partial charge is 0.338 e. The summed E-state index contributed by atoms with van der Waals surface area (Å²) in [5, 5.41) is 8.06. The highest BCUT2D eigenvalue weighted by Crippen LogP contribution is 2.34. The first-order valence-electron chi connectivity index (χ1n) is 14.8. The molecule has 2 aromatic rings. The molecule has 0 aromatic carbocycles. The van der Waals surface area contributed by atoms with Crippen LogP contribution in [0.4, 0.5) is 19.0 Å². The van der Waals surface area contributed by atoms with Gasteiger partial charge in [-0.1, -0.05) is 66.3 Å². The third-order valence-electron chi connectivity index (χ3n) is 7.00. The minimum absolute atomic E-state index is 0.222. The molecule has 2 N–H and O–H groups in total. The van der Waals surface area contributed by atoms with Crippen molar-refractivity contribution in [3.63, 3.8) is 0 Å². The Hall–Kier alpha value is -3.52. The third-order valence-corrected chi connectivity index (χ3v) is 7.00. The van der Waals surface area contributed by atoms with Gasteiger partial charge in [0.05, 0.1) is 22.6 Å². The zero-order valence-corrected chi connectivity index (χ0v) is 26.2. The average Bonchev–Trinajstić information content (AvgIpc) is 2.94. The molecule has 0 unspecified atom stereocenters. The quantitative estimate of drug-likeness (QED) is 0.198. The zero-order valence-electron chi connectivity index (χ0n) is 26.2. The smallest absolute Gasteiger partial charge is 0.181 e. The van der Waals surface area contributed by atoms with Crippen LogP contribution in [0.25, 0.3) is 23.0 Å². The second-order valence-corrected chi connectivity index (χ2v) is 10.7. The fraction of sp³-hybridized carbons (Fsp3) is 0.441. The van der Waals surface area contributed by atoms with Gasteiger partial charge < -0.3 is 10.6 Å². The maximum atomic E-state index is 14.4. The Balaban J connectivity index is 0.00000301. The average molecular weight is 582 g/mol.